The third kappa shape index (κ3) is 6.63. The number of anilines is 1. The van der Waals surface area contributed by atoms with Crippen LogP contribution in [0.4, 0.5) is 5.69 Å². The van der Waals surface area contributed by atoms with E-state index < -0.39 is 42.6 Å². The van der Waals surface area contributed by atoms with Gasteiger partial charge in [0, 0.05) is 72.2 Å². The maximum Gasteiger partial charge on any atom is 0.303 e. The lowest BCUT2D eigenvalue weighted by atomic mass is 9.54. The standard InChI is InChI=1S/C49H67N6O8P/c1-9-46(51-41(58)28-64(60-11-3)61-12-4)20-21-47(31(5)6,43-34(19-24-53(10-2)29-46)33-16-13-14-18-38(33)50-43)37-26-36-39(27-40(37)59-8)55(30-56)49-45(63-52-49)42(62-32(7)57)35-17-15-23-54-25-22-48(36,49)44(35)54/h13-18,26-27,30-31,35,42,44-45,50,52H,9-12,19-25,28-29H2,1-8H3,(H,51,58)/t35?,42?,44?,45?,46?,47-,48?,49?/m0/s1. The molecule has 2 aromatic carbocycles. The number of H-pyrrole nitrogens is 1. The number of rotatable bonds is 14. The summed E-state index contributed by atoms with van der Waals surface area (Å²) in [4.78, 5) is 57.8. The molecule has 5 aliphatic heterocycles. The highest BCUT2D eigenvalue weighted by Crippen LogP contribution is 2.68. The highest BCUT2D eigenvalue weighted by molar-refractivity contribution is 7.48. The topological polar surface area (TPSA) is 147 Å². The first kappa shape index (κ1) is 45.3. The highest BCUT2D eigenvalue weighted by Gasteiger charge is 2.82. The van der Waals surface area contributed by atoms with Crippen molar-refractivity contribution in [2.45, 2.75) is 121 Å². The van der Waals surface area contributed by atoms with Crippen LogP contribution >= 0.6 is 8.38 Å². The summed E-state index contributed by atoms with van der Waals surface area (Å²) in [6, 6.07) is 13.0. The van der Waals surface area contributed by atoms with Gasteiger partial charge in [0.25, 0.3) is 0 Å². The summed E-state index contributed by atoms with van der Waals surface area (Å²) < 4.78 is 24.6. The molecular weight excluding hydrogens is 832 g/mol. The van der Waals surface area contributed by atoms with Crippen molar-refractivity contribution in [2.75, 3.05) is 64.1 Å². The zero-order valence-corrected chi connectivity index (χ0v) is 39.7. The Bertz CT molecular complexity index is 2300. The number of esters is 1. The van der Waals surface area contributed by atoms with Crippen LogP contribution < -0.4 is 20.4 Å². The summed E-state index contributed by atoms with van der Waals surface area (Å²) in [5.41, 5.74) is 7.00. The molecule has 2 amide bonds. The molecule has 9 rings (SSSR count). The zero-order valence-electron chi connectivity index (χ0n) is 38.8. The first-order chi connectivity index (χ1) is 30.9. The van der Waals surface area contributed by atoms with Gasteiger partial charge in [0.05, 0.1) is 43.1 Å². The molecule has 3 N–H and O–H groups in total. The first-order valence-electron chi connectivity index (χ1n) is 23.6. The van der Waals surface area contributed by atoms with E-state index in [4.69, 9.17) is 23.4 Å². The second-order valence-corrected chi connectivity index (χ2v) is 20.5. The zero-order chi connectivity index (χ0) is 45.2. The number of para-hydroxylation sites is 1. The van der Waals surface area contributed by atoms with Gasteiger partial charge < -0.3 is 33.7 Å². The normalized spacial score (nSPS) is 32.1. The van der Waals surface area contributed by atoms with Crippen molar-refractivity contribution in [3.63, 3.8) is 0 Å². The van der Waals surface area contributed by atoms with E-state index in [1.807, 2.05) is 18.7 Å². The number of carbonyl (C=O) groups is 3. The van der Waals surface area contributed by atoms with Crippen molar-refractivity contribution < 1.29 is 37.7 Å². The molecule has 1 aliphatic carbocycles. The number of benzene rings is 2. The number of aromatic nitrogens is 1. The SMILES string of the molecule is CCOP(CC(=O)NC1(CC)CC[C@@](c2cc3c(cc2OC)N(C=O)C24NOC2C(OC(C)=O)C2C=CCN5CCC34C25)(C(C)C)c2[nH]c3ccccc3c2CCN(CC)C1)OCC. The van der Waals surface area contributed by atoms with Crippen LogP contribution in [-0.4, -0.2) is 122 Å². The molecule has 15 heteroatoms. The van der Waals surface area contributed by atoms with Gasteiger partial charge in [-0.3, -0.25) is 29.0 Å². The number of hydroxylamine groups is 1. The Kier molecular flexibility index (Phi) is 12.3. The predicted molar refractivity (Wildman–Crippen MR) is 247 cm³/mol. The molecular formula is C49H67N6O8P. The number of aromatic amines is 1. The Hall–Kier alpha value is -3.88. The molecule has 1 aromatic heterocycles. The minimum absolute atomic E-state index is 0.0417. The Labute approximate surface area is 378 Å². The van der Waals surface area contributed by atoms with E-state index >= 15 is 0 Å². The Morgan fingerprint density at radius 2 is 1.83 bits per heavy atom. The van der Waals surface area contributed by atoms with E-state index in [0.717, 1.165) is 79.9 Å². The van der Waals surface area contributed by atoms with Gasteiger partial charge in [-0.2, -0.15) is 5.48 Å². The van der Waals surface area contributed by atoms with Gasteiger partial charge in [-0.05, 0) is 88.2 Å². The maximum atomic E-state index is 14.2. The second kappa shape index (κ2) is 17.4. The minimum Gasteiger partial charge on any atom is -0.496 e. The number of hydrogen-bond acceptors (Lipinski definition) is 11. The molecule has 1 saturated carbocycles. The van der Waals surface area contributed by atoms with Crippen LogP contribution in [0.3, 0.4) is 0 Å². The van der Waals surface area contributed by atoms with Gasteiger partial charge in [0.2, 0.25) is 12.3 Å². The van der Waals surface area contributed by atoms with Crippen molar-refractivity contribution in [3.8, 4) is 5.75 Å². The molecule has 2 saturated heterocycles. The number of amides is 2. The van der Waals surface area contributed by atoms with Crippen LogP contribution in [-0.2, 0) is 50.3 Å². The van der Waals surface area contributed by atoms with Gasteiger partial charge in [-0.25, -0.2) is 0 Å². The fourth-order valence-electron chi connectivity index (χ4n) is 13.2. The van der Waals surface area contributed by atoms with E-state index in [1.54, 1.807) is 7.11 Å². The Morgan fingerprint density at radius 1 is 1.05 bits per heavy atom. The number of likely N-dealkylation sites (N-methyl/N-ethyl adjacent to an activating group) is 1. The van der Waals surface area contributed by atoms with E-state index in [9.17, 15) is 14.4 Å². The van der Waals surface area contributed by atoms with Gasteiger partial charge in [-0.15, -0.1) is 0 Å². The van der Waals surface area contributed by atoms with E-state index in [0.29, 0.717) is 38.3 Å². The Morgan fingerprint density at radius 3 is 2.48 bits per heavy atom. The van der Waals surface area contributed by atoms with E-state index in [-0.39, 0.29) is 35.9 Å². The predicted octanol–water partition coefficient (Wildman–Crippen LogP) is 6.45. The smallest absolute Gasteiger partial charge is 0.303 e. The number of ether oxygens (including phenoxy) is 2. The summed E-state index contributed by atoms with van der Waals surface area (Å²) in [5, 5.41) is 4.83. The third-order valence-electron chi connectivity index (χ3n) is 16.0. The van der Waals surface area contributed by atoms with Gasteiger partial charge >= 0.3 is 5.97 Å². The van der Waals surface area contributed by atoms with E-state index in [2.05, 4.69) is 102 Å². The number of nitrogens with one attached hydrogen (secondary N) is 3. The minimum atomic E-state index is -1.37. The molecule has 7 unspecified atom stereocenters. The van der Waals surface area contributed by atoms with Crippen LogP contribution in [0, 0.1) is 11.8 Å². The third-order valence-corrected chi connectivity index (χ3v) is 17.6. The summed E-state index contributed by atoms with van der Waals surface area (Å²) in [6.07, 6.45) is 7.95. The molecule has 8 atom stereocenters. The van der Waals surface area contributed by atoms with Gasteiger partial charge in [0.1, 0.15) is 11.9 Å². The van der Waals surface area contributed by atoms with Crippen LogP contribution in [0.1, 0.15) is 96.5 Å². The van der Waals surface area contributed by atoms with E-state index in [1.165, 1.54) is 17.9 Å². The Balaban J connectivity index is 1.26. The number of methoxy groups -OCH3 is 1. The first-order valence-corrected chi connectivity index (χ1v) is 24.9. The number of hydrogen-bond donors (Lipinski definition) is 3. The lowest BCUT2D eigenvalue weighted by Gasteiger charge is -2.66. The quantitative estimate of drug-likeness (QED) is 0.0711. The average molecular weight is 899 g/mol. The average Bonchev–Trinajstić information content (AvgIpc) is 3.93. The van der Waals surface area contributed by atoms with Gasteiger partial charge in [-0.1, -0.05) is 58.0 Å². The van der Waals surface area contributed by atoms with Crippen LogP contribution in [0.2, 0.25) is 0 Å². The molecule has 2 spiro atoms. The molecule has 346 valence electrons. The molecule has 6 heterocycles. The summed E-state index contributed by atoms with van der Waals surface area (Å²) in [5.74, 6) is 0.142. The molecule has 14 nitrogen and oxygen atoms in total. The molecule has 0 bridgehead atoms. The van der Waals surface area contributed by atoms with Crippen LogP contribution in [0.5, 0.6) is 5.75 Å². The number of fused-ring (bicyclic) bond motifs is 4. The van der Waals surface area contributed by atoms with Crippen LogP contribution in [0.15, 0.2) is 48.6 Å². The summed E-state index contributed by atoms with van der Waals surface area (Å²) >= 11 is 0. The molecule has 0 radical (unpaired) electrons. The monoisotopic (exact) mass is 898 g/mol. The fourth-order valence-corrected chi connectivity index (χ4v) is 14.3. The van der Waals surface area contributed by atoms with Crippen molar-refractivity contribution in [2.24, 2.45) is 11.8 Å². The van der Waals surface area contributed by atoms with Gasteiger partial charge in [0.15, 0.2) is 20.1 Å². The van der Waals surface area contributed by atoms with Crippen molar-refractivity contribution >= 4 is 43.3 Å². The lowest BCUT2D eigenvalue weighted by molar-refractivity contribution is -0.308. The molecule has 6 aliphatic rings. The summed E-state index contributed by atoms with van der Waals surface area (Å²) in [6.45, 7) is 19.2. The second-order valence-electron chi connectivity index (χ2n) is 19.0. The highest BCUT2D eigenvalue weighted by atomic mass is 31.2. The fraction of sp³-hybridized carbons (Fsp3) is 0.612. The molecule has 3 fully saturated rings. The van der Waals surface area contributed by atoms with Crippen molar-refractivity contribution in [1.82, 2.24) is 25.6 Å². The van der Waals surface area contributed by atoms with Crippen molar-refractivity contribution in [1.29, 1.82) is 0 Å². The molecule has 64 heavy (non-hydrogen) atoms. The summed E-state index contributed by atoms with van der Waals surface area (Å²) in [7, 11) is 0.361. The maximum absolute atomic E-state index is 14.2. The largest absolute Gasteiger partial charge is 0.496 e. The lowest BCUT2D eigenvalue weighted by Crippen LogP contribution is -2.89. The van der Waals surface area contributed by atoms with Crippen molar-refractivity contribution in [3.05, 3.63) is 70.9 Å². The van der Waals surface area contributed by atoms with Crippen LogP contribution in [0.25, 0.3) is 10.9 Å². The number of nitrogens with zero attached hydrogens (tertiary/aromatic N) is 3. The molecule has 3 aromatic rings. The number of carbonyl (C=O) groups excluding carboxylic acids is 3.